The van der Waals surface area contributed by atoms with E-state index >= 15 is 0 Å². The minimum absolute atomic E-state index is 0.0313. The number of carbonyl (C=O) groups is 4. The van der Waals surface area contributed by atoms with Gasteiger partial charge in [-0.15, -0.1) is 11.3 Å². The van der Waals surface area contributed by atoms with Crippen LogP contribution in [-0.4, -0.2) is 63.6 Å². The van der Waals surface area contributed by atoms with Crippen molar-refractivity contribution in [2.75, 3.05) is 23.7 Å². The zero-order chi connectivity index (χ0) is 32.2. The summed E-state index contributed by atoms with van der Waals surface area (Å²) in [5, 5.41) is 6.89. The van der Waals surface area contributed by atoms with Gasteiger partial charge in [-0.05, 0) is 68.0 Å². The summed E-state index contributed by atoms with van der Waals surface area (Å²) < 4.78 is 0. The van der Waals surface area contributed by atoms with Crippen LogP contribution in [0.2, 0.25) is 0 Å². The molecule has 0 saturated carbocycles. The third-order valence-electron chi connectivity index (χ3n) is 8.61. The average Bonchev–Trinajstić information content (AvgIpc) is 3.82. The smallest absolute Gasteiger partial charge is 0.247 e. The second-order valence-electron chi connectivity index (χ2n) is 11.8. The first kappa shape index (κ1) is 31.2. The first-order chi connectivity index (χ1) is 22.3. The van der Waals surface area contributed by atoms with Crippen molar-refractivity contribution in [2.45, 2.75) is 58.0 Å². The topological polar surface area (TPSA) is 112 Å². The Bertz CT molecular complexity index is 1740. The van der Waals surface area contributed by atoms with Crippen LogP contribution in [0, 0.1) is 6.92 Å². The summed E-state index contributed by atoms with van der Waals surface area (Å²) in [4.78, 5) is 60.1. The van der Waals surface area contributed by atoms with Crippen LogP contribution in [0.3, 0.4) is 0 Å². The molecule has 1 aromatic heterocycles. The lowest BCUT2D eigenvalue weighted by Gasteiger charge is -2.24. The minimum Gasteiger partial charge on any atom is -0.331 e. The number of benzene rings is 3. The Kier molecular flexibility index (Phi) is 9.25. The molecular weight excluding hydrogens is 598 g/mol. The van der Waals surface area contributed by atoms with Gasteiger partial charge < -0.3 is 20.4 Å². The van der Waals surface area contributed by atoms with E-state index in [0.29, 0.717) is 37.3 Å². The molecule has 4 aromatic rings. The molecule has 3 heterocycles. The number of anilines is 2. The summed E-state index contributed by atoms with van der Waals surface area (Å²) in [6.45, 7) is 4.66. The van der Waals surface area contributed by atoms with E-state index in [1.807, 2.05) is 85.8 Å². The molecule has 3 aromatic carbocycles. The normalized spacial score (nSPS) is 17.6. The first-order valence-corrected chi connectivity index (χ1v) is 16.5. The Hall–Kier alpha value is -4.83. The van der Waals surface area contributed by atoms with E-state index in [1.165, 1.54) is 6.92 Å². The largest absolute Gasteiger partial charge is 0.331 e. The van der Waals surface area contributed by atoms with Gasteiger partial charge in [0.25, 0.3) is 0 Å². The van der Waals surface area contributed by atoms with Crippen molar-refractivity contribution in [2.24, 2.45) is 0 Å². The highest BCUT2D eigenvalue weighted by Crippen LogP contribution is 2.37. The van der Waals surface area contributed by atoms with Gasteiger partial charge in [-0.2, -0.15) is 0 Å². The maximum Gasteiger partial charge on any atom is 0.247 e. The number of carbonyl (C=O) groups excluding carboxylic acids is 4. The van der Waals surface area contributed by atoms with E-state index in [2.05, 4.69) is 10.6 Å². The van der Waals surface area contributed by atoms with Gasteiger partial charge in [0.1, 0.15) is 12.1 Å². The second kappa shape index (κ2) is 13.7. The molecule has 2 saturated heterocycles. The van der Waals surface area contributed by atoms with E-state index in [4.69, 9.17) is 4.98 Å². The molecule has 10 heteroatoms. The third-order valence-corrected chi connectivity index (χ3v) is 9.63. The van der Waals surface area contributed by atoms with Crippen molar-refractivity contribution < 1.29 is 19.2 Å². The molecule has 2 atom stereocenters. The van der Waals surface area contributed by atoms with Crippen LogP contribution in [0.25, 0.3) is 21.7 Å². The lowest BCUT2D eigenvalue weighted by Crippen LogP contribution is -2.43. The highest BCUT2D eigenvalue weighted by molar-refractivity contribution is 7.15. The van der Waals surface area contributed by atoms with Crippen LogP contribution < -0.4 is 10.6 Å². The van der Waals surface area contributed by atoms with Gasteiger partial charge in [-0.25, -0.2) is 4.98 Å². The Labute approximate surface area is 272 Å². The molecule has 2 unspecified atom stereocenters. The van der Waals surface area contributed by atoms with E-state index in [0.717, 1.165) is 45.1 Å². The van der Waals surface area contributed by atoms with Crippen molar-refractivity contribution in [3.8, 4) is 21.7 Å². The average molecular weight is 636 g/mol. The van der Waals surface area contributed by atoms with Crippen molar-refractivity contribution in [1.82, 2.24) is 14.8 Å². The summed E-state index contributed by atoms with van der Waals surface area (Å²) >= 11 is 1.59. The van der Waals surface area contributed by atoms with Gasteiger partial charge in [0.05, 0.1) is 22.0 Å². The molecule has 0 aliphatic carbocycles. The van der Waals surface area contributed by atoms with Gasteiger partial charge in [-0.1, -0.05) is 54.6 Å². The van der Waals surface area contributed by atoms with Gasteiger partial charge >= 0.3 is 0 Å². The second-order valence-corrected chi connectivity index (χ2v) is 13.0. The van der Waals surface area contributed by atoms with Crippen molar-refractivity contribution in [3.63, 3.8) is 0 Å². The van der Waals surface area contributed by atoms with Crippen LogP contribution in [0.4, 0.5) is 11.4 Å². The van der Waals surface area contributed by atoms with Gasteiger partial charge in [-0.3, -0.25) is 19.2 Å². The number of likely N-dealkylation sites (tertiary alicyclic amines) is 2. The highest BCUT2D eigenvalue weighted by Gasteiger charge is 2.34. The number of nitrogens with one attached hydrogen (secondary N) is 2. The minimum atomic E-state index is -0.481. The van der Waals surface area contributed by atoms with E-state index in [9.17, 15) is 19.2 Å². The summed E-state index contributed by atoms with van der Waals surface area (Å²) in [6, 6.07) is 24.0. The van der Waals surface area contributed by atoms with Crippen LogP contribution in [0.15, 0.2) is 78.9 Å². The number of nitrogens with zero attached hydrogens (tertiary/aromatic N) is 3. The van der Waals surface area contributed by atoms with Crippen LogP contribution in [0.1, 0.15) is 43.2 Å². The molecule has 0 spiro atoms. The van der Waals surface area contributed by atoms with Crippen molar-refractivity contribution in [3.05, 3.63) is 89.4 Å². The number of hydrogen-bond acceptors (Lipinski definition) is 6. The molecule has 4 amide bonds. The predicted molar refractivity (Wildman–Crippen MR) is 180 cm³/mol. The van der Waals surface area contributed by atoms with E-state index < -0.39 is 12.1 Å². The molecule has 2 aliphatic heterocycles. The molecule has 2 N–H and O–H groups in total. The molecule has 9 nitrogen and oxygen atoms in total. The summed E-state index contributed by atoms with van der Waals surface area (Å²) in [6.07, 6.45) is 3.23. The first-order valence-electron chi connectivity index (χ1n) is 15.7. The molecule has 2 aliphatic rings. The number of thiazole rings is 1. The monoisotopic (exact) mass is 635 g/mol. The summed E-state index contributed by atoms with van der Waals surface area (Å²) in [5.41, 5.74) is 5.01. The Balaban J connectivity index is 1.11. The standard InChI is InChI=1S/C36H37N5O4S/c1-23-37-33(26-12-16-28(17-13-26)38-35(44)30-10-6-20-40(30)24(2)42)34(46-23)27-14-18-29(19-15-27)39-36(45)31-11-7-21-41(31)32(43)22-25-8-4-3-5-9-25/h3-5,8-9,12-19,30-31H,6-7,10-11,20-22H2,1-2H3,(H,38,44)(H,39,45). The van der Waals surface area contributed by atoms with Crippen molar-refractivity contribution >= 4 is 46.3 Å². The molecule has 6 rings (SSSR count). The maximum atomic E-state index is 13.2. The molecule has 0 radical (unpaired) electrons. The van der Waals surface area contributed by atoms with Crippen LogP contribution in [-0.2, 0) is 25.6 Å². The maximum absolute atomic E-state index is 13.2. The molecule has 2 fully saturated rings. The van der Waals surface area contributed by atoms with Gasteiger partial charge in [0.2, 0.25) is 23.6 Å². The number of aryl methyl sites for hydroxylation is 1. The fourth-order valence-electron chi connectivity index (χ4n) is 6.31. The molecule has 236 valence electrons. The quantitative estimate of drug-likeness (QED) is 0.250. The zero-order valence-corrected chi connectivity index (χ0v) is 26.8. The van der Waals surface area contributed by atoms with Crippen LogP contribution >= 0.6 is 11.3 Å². The molecule has 0 bridgehead atoms. The highest BCUT2D eigenvalue weighted by atomic mass is 32.1. The number of hydrogen-bond donors (Lipinski definition) is 2. The van der Waals surface area contributed by atoms with Crippen LogP contribution in [0.5, 0.6) is 0 Å². The lowest BCUT2D eigenvalue weighted by molar-refractivity contribution is -0.136. The van der Waals surface area contributed by atoms with Crippen molar-refractivity contribution in [1.29, 1.82) is 0 Å². The van der Waals surface area contributed by atoms with E-state index in [-0.39, 0.29) is 30.0 Å². The fraction of sp³-hybridized carbons (Fsp3) is 0.306. The van der Waals surface area contributed by atoms with E-state index in [1.54, 1.807) is 21.1 Å². The number of rotatable bonds is 8. The summed E-state index contributed by atoms with van der Waals surface area (Å²) in [7, 11) is 0. The predicted octanol–water partition coefficient (Wildman–Crippen LogP) is 5.91. The lowest BCUT2D eigenvalue weighted by atomic mass is 10.1. The van der Waals surface area contributed by atoms with Gasteiger partial charge in [0.15, 0.2) is 0 Å². The number of amides is 4. The summed E-state index contributed by atoms with van der Waals surface area (Å²) in [5.74, 6) is -0.454. The third kappa shape index (κ3) is 6.87. The zero-order valence-electron chi connectivity index (χ0n) is 26.0. The fourth-order valence-corrected chi connectivity index (χ4v) is 7.26. The Morgan fingerprint density at radius 3 is 1.89 bits per heavy atom. The molecular formula is C36H37N5O4S. The Morgan fingerprint density at radius 2 is 1.30 bits per heavy atom. The number of aromatic nitrogens is 1. The van der Waals surface area contributed by atoms with Gasteiger partial charge in [0, 0.05) is 37.0 Å². The Morgan fingerprint density at radius 1 is 0.761 bits per heavy atom. The SMILES string of the molecule is CC(=O)N1CCCC1C(=O)Nc1ccc(-c2nc(C)sc2-c2ccc(NC(=O)C3CCCN3C(=O)Cc3ccccc3)cc2)cc1. The molecule has 46 heavy (non-hydrogen) atoms.